The molecule has 0 aliphatic carbocycles. The molecule has 3 heterocycles. The van der Waals surface area contributed by atoms with E-state index in [4.69, 9.17) is 0 Å². The highest BCUT2D eigenvalue weighted by molar-refractivity contribution is 5.89. The lowest BCUT2D eigenvalue weighted by molar-refractivity contribution is 0.0694. The molecule has 1 saturated heterocycles. The van der Waals surface area contributed by atoms with E-state index in [1.807, 2.05) is 52.0 Å². The molecule has 0 unspecified atom stereocenters. The zero-order chi connectivity index (χ0) is 20.2. The Hall–Kier alpha value is -3.35. The van der Waals surface area contributed by atoms with Gasteiger partial charge in [0.15, 0.2) is 0 Å². The predicted molar refractivity (Wildman–Crippen MR) is 109 cm³/mol. The number of piperidine rings is 1. The van der Waals surface area contributed by atoms with E-state index in [1.54, 1.807) is 12.1 Å². The van der Waals surface area contributed by atoms with Crippen molar-refractivity contribution in [2.24, 2.45) is 0 Å². The summed E-state index contributed by atoms with van der Waals surface area (Å²) in [5, 5.41) is 12.4. The highest BCUT2D eigenvalue weighted by atomic mass is 16.4. The minimum absolute atomic E-state index is 0.0706. The van der Waals surface area contributed by atoms with E-state index in [2.05, 4.69) is 10.3 Å². The number of fused-ring (bicyclic) bond motifs is 1. The first-order valence-corrected chi connectivity index (χ1v) is 9.89. The average molecular weight is 392 g/mol. The van der Waals surface area contributed by atoms with E-state index in [0.29, 0.717) is 31.6 Å². The van der Waals surface area contributed by atoms with Crippen molar-refractivity contribution in [3.8, 4) is 0 Å². The molecular formula is C22H24N4O3. The molecular weight excluding hydrogens is 368 g/mol. The third-order valence-corrected chi connectivity index (χ3v) is 5.48. The Kier molecular flexibility index (Phi) is 5.46. The van der Waals surface area contributed by atoms with Gasteiger partial charge in [0.2, 0.25) is 0 Å². The summed E-state index contributed by atoms with van der Waals surface area (Å²) in [5.74, 6) is -0.725. The third kappa shape index (κ3) is 4.23. The fourth-order valence-electron chi connectivity index (χ4n) is 3.96. The van der Waals surface area contributed by atoms with Crippen LogP contribution in [0.15, 0.2) is 54.9 Å². The van der Waals surface area contributed by atoms with Crippen LogP contribution in [0.3, 0.4) is 0 Å². The number of carbonyl (C=O) groups is 2. The molecule has 0 atom stereocenters. The number of hydrogen-bond acceptors (Lipinski definition) is 3. The number of amides is 2. The largest absolute Gasteiger partial charge is 0.478 e. The SMILES string of the molecule is O=C(O)c1ccccc1C1CCN(C(=O)NCCc2cn3ccccc3n2)CC1. The summed E-state index contributed by atoms with van der Waals surface area (Å²) in [6.45, 7) is 1.78. The Morgan fingerprint density at radius 2 is 1.86 bits per heavy atom. The molecule has 1 aromatic carbocycles. The number of hydrogen-bond donors (Lipinski definition) is 2. The van der Waals surface area contributed by atoms with Gasteiger partial charge in [0.1, 0.15) is 5.65 Å². The highest BCUT2D eigenvalue weighted by Crippen LogP contribution is 2.30. The molecule has 7 nitrogen and oxygen atoms in total. The van der Waals surface area contributed by atoms with Gasteiger partial charge in [-0.15, -0.1) is 0 Å². The zero-order valence-electron chi connectivity index (χ0n) is 16.1. The highest BCUT2D eigenvalue weighted by Gasteiger charge is 2.26. The number of nitrogens with one attached hydrogen (secondary N) is 1. The van der Waals surface area contributed by atoms with Crippen molar-refractivity contribution >= 4 is 17.6 Å². The summed E-state index contributed by atoms with van der Waals surface area (Å²) in [7, 11) is 0. The number of pyridine rings is 1. The smallest absolute Gasteiger partial charge is 0.335 e. The van der Waals surface area contributed by atoms with Crippen LogP contribution in [0.1, 0.15) is 40.4 Å². The maximum absolute atomic E-state index is 12.5. The van der Waals surface area contributed by atoms with Crippen LogP contribution in [0, 0.1) is 0 Å². The van der Waals surface area contributed by atoms with Crippen molar-refractivity contribution in [3.05, 3.63) is 71.7 Å². The molecule has 0 bridgehead atoms. The second-order valence-corrected chi connectivity index (χ2v) is 7.33. The van der Waals surface area contributed by atoms with Gasteiger partial charge in [0.25, 0.3) is 0 Å². The van der Waals surface area contributed by atoms with Crippen LogP contribution < -0.4 is 5.32 Å². The van der Waals surface area contributed by atoms with Crippen molar-refractivity contribution in [2.75, 3.05) is 19.6 Å². The van der Waals surface area contributed by atoms with E-state index in [9.17, 15) is 14.7 Å². The number of aromatic carboxylic acids is 1. The van der Waals surface area contributed by atoms with Crippen molar-refractivity contribution in [1.29, 1.82) is 0 Å². The van der Waals surface area contributed by atoms with Gasteiger partial charge >= 0.3 is 12.0 Å². The van der Waals surface area contributed by atoms with Gasteiger partial charge in [-0.3, -0.25) is 0 Å². The number of nitrogens with zero attached hydrogens (tertiary/aromatic N) is 3. The van der Waals surface area contributed by atoms with E-state index in [-0.39, 0.29) is 11.9 Å². The lowest BCUT2D eigenvalue weighted by Crippen LogP contribution is -2.44. The quantitative estimate of drug-likeness (QED) is 0.698. The summed E-state index contributed by atoms with van der Waals surface area (Å²) in [6.07, 6.45) is 6.15. The first kappa shape index (κ1) is 19.0. The minimum atomic E-state index is -0.896. The number of carboxylic acid groups (broad SMARTS) is 1. The molecule has 2 N–H and O–H groups in total. The maximum atomic E-state index is 12.5. The molecule has 4 rings (SSSR count). The van der Waals surface area contributed by atoms with Crippen LogP contribution in [0.25, 0.3) is 5.65 Å². The second-order valence-electron chi connectivity index (χ2n) is 7.33. The average Bonchev–Trinajstić information content (AvgIpc) is 3.16. The van der Waals surface area contributed by atoms with Gasteiger partial charge in [0.05, 0.1) is 11.3 Å². The first-order chi connectivity index (χ1) is 14.1. The molecule has 0 saturated carbocycles. The Balaban J connectivity index is 1.27. The topological polar surface area (TPSA) is 86.9 Å². The zero-order valence-corrected chi connectivity index (χ0v) is 16.1. The monoisotopic (exact) mass is 392 g/mol. The van der Waals surface area contributed by atoms with Crippen molar-refractivity contribution in [2.45, 2.75) is 25.2 Å². The van der Waals surface area contributed by atoms with Gasteiger partial charge in [-0.05, 0) is 42.5 Å². The minimum Gasteiger partial charge on any atom is -0.478 e. The molecule has 1 fully saturated rings. The molecule has 0 spiro atoms. The number of benzene rings is 1. The van der Waals surface area contributed by atoms with Crippen LogP contribution >= 0.6 is 0 Å². The molecule has 1 aliphatic heterocycles. The summed E-state index contributed by atoms with van der Waals surface area (Å²) in [5.41, 5.74) is 3.08. The molecule has 2 aromatic heterocycles. The number of imidazole rings is 1. The molecule has 0 radical (unpaired) electrons. The third-order valence-electron chi connectivity index (χ3n) is 5.48. The first-order valence-electron chi connectivity index (χ1n) is 9.89. The fraction of sp³-hybridized carbons (Fsp3) is 0.318. The predicted octanol–water partition coefficient (Wildman–Crippen LogP) is 3.16. The summed E-state index contributed by atoms with van der Waals surface area (Å²) in [4.78, 5) is 30.3. The number of urea groups is 1. The second kappa shape index (κ2) is 8.34. The van der Waals surface area contributed by atoms with Crippen LogP contribution in [0.4, 0.5) is 4.79 Å². The van der Waals surface area contributed by atoms with Gasteiger partial charge in [-0.1, -0.05) is 24.3 Å². The van der Waals surface area contributed by atoms with Crippen molar-refractivity contribution in [1.82, 2.24) is 19.6 Å². The molecule has 7 heteroatoms. The number of carbonyl (C=O) groups excluding carboxylic acids is 1. The van der Waals surface area contributed by atoms with E-state index in [0.717, 1.165) is 29.7 Å². The van der Waals surface area contributed by atoms with Crippen molar-refractivity contribution in [3.63, 3.8) is 0 Å². The van der Waals surface area contributed by atoms with Gasteiger partial charge in [0, 0.05) is 38.4 Å². The Labute approximate surface area is 169 Å². The summed E-state index contributed by atoms with van der Waals surface area (Å²) in [6, 6.07) is 13.0. The van der Waals surface area contributed by atoms with Gasteiger partial charge < -0.3 is 19.7 Å². The standard InChI is InChI=1S/C22H24N4O3/c27-21(28)19-6-2-1-5-18(19)16-9-13-25(14-10-16)22(29)23-11-8-17-15-26-12-4-3-7-20(26)24-17/h1-7,12,15-16H,8-11,13-14H2,(H,23,29)(H,27,28). The van der Waals surface area contributed by atoms with E-state index >= 15 is 0 Å². The number of rotatable bonds is 5. The molecule has 150 valence electrons. The van der Waals surface area contributed by atoms with Gasteiger partial charge in [-0.2, -0.15) is 0 Å². The molecule has 2 amide bonds. The summed E-state index contributed by atoms with van der Waals surface area (Å²) >= 11 is 0. The lowest BCUT2D eigenvalue weighted by Gasteiger charge is -2.32. The Bertz CT molecular complexity index is 989. The number of carboxylic acids is 1. The Morgan fingerprint density at radius 3 is 2.62 bits per heavy atom. The van der Waals surface area contributed by atoms with Crippen LogP contribution in [0.2, 0.25) is 0 Å². The number of aromatic nitrogens is 2. The molecule has 3 aromatic rings. The van der Waals surface area contributed by atoms with Crippen molar-refractivity contribution < 1.29 is 14.7 Å². The maximum Gasteiger partial charge on any atom is 0.335 e. The Morgan fingerprint density at radius 1 is 1.10 bits per heavy atom. The van der Waals surface area contributed by atoms with Crippen LogP contribution in [-0.4, -0.2) is 51.0 Å². The number of likely N-dealkylation sites (tertiary alicyclic amines) is 1. The van der Waals surface area contributed by atoms with E-state index < -0.39 is 5.97 Å². The fourth-order valence-corrected chi connectivity index (χ4v) is 3.96. The van der Waals surface area contributed by atoms with Gasteiger partial charge in [-0.25, -0.2) is 14.6 Å². The lowest BCUT2D eigenvalue weighted by atomic mass is 9.86. The summed E-state index contributed by atoms with van der Waals surface area (Å²) < 4.78 is 1.97. The molecule has 29 heavy (non-hydrogen) atoms. The molecule has 1 aliphatic rings. The van der Waals surface area contributed by atoms with E-state index in [1.165, 1.54) is 0 Å². The van der Waals surface area contributed by atoms with Crippen LogP contribution in [-0.2, 0) is 6.42 Å². The normalized spacial score (nSPS) is 14.8. The van der Waals surface area contributed by atoms with Crippen LogP contribution in [0.5, 0.6) is 0 Å².